The van der Waals surface area contributed by atoms with E-state index in [1.54, 1.807) is 0 Å². The molecule has 3 heteroatoms. The molecule has 0 aromatic heterocycles. The normalized spacial score (nSPS) is 33.8. The third-order valence-electron chi connectivity index (χ3n) is 4.29. The maximum absolute atomic E-state index is 6.26. The minimum atomic E-state index is 0.313. The molecule has 3 nitrogen and oxygen atoms in total. The largest absolute Gasteiger partial charge is 0.381 e. The quantitative estimate of drug-likeness (QED) is 0.786. The maximum atomic E-state index is 6.26. The van der Waals surface area contributed by atoms with Crippen molar-refractivity contribution in [3.05, 3.63) is 0 Å². The van der Waals surface area contributed by atoms with E-state index in [-0.39, 0.29) is 0 Å². The lowest BCUT2D eigenvalue weighted by molar-refractivity contribution is 0.173. The van der Waals surface area contributed by atoms with E-state index in [4.69, 9.17) is 10.5 Å². The summed E-state index contributed by atoms with van der Waals surface area (Å²) in [5.41, 5.74) is 6.26. The zero-order chi connectivity index (χ0) is 11.5. The summed E-state index contributed by atoms with van der Waals surface area (Å²) in [6, 6.07) is 0.313. The average Bonchev–Trinajstić information content (AvgIpc) is 2.87. The highest BCUT2D eigenvalue weighted by Gasteiger charge is 2.29. The Balaban J connectivity index is 1.73. The van der Waals surface area contributed by atoms with E-state index in [0.29, 0.717) is 12.0 Å². The highest BCUT2D eigenvalue weighted by atomic mass is 16.5. The molecule has 0 spiro atoms. The number of nitrogens with two attached hydrogens (primary N) is 1. The van der Waals surface area contributed by atoms with Crippen LogP contribution in [-0.2, 0) is 4.74 Å². The van der Waals surface area contributed by atoms with Crippen LogP contribution in [0.1, 0.15) is 26.7 Å². The maximum Gasteiger partial charge on any atom is 0.0510 e. The highest BCUT2D eigenvalue weighted by molar-refractivity contribution is 4.84. The minimum absolute atomic E-state index is 0.313. The molecule has 0 bridgehead atoms. The fourth-order valence-corrected chi connectivity index (χ4v) is 2.91. The fraction of sp³-hybridized carbons (Fsp3) is 1.00. The molecule has 0 amide bonds. The van der Waals surface area contributed by atoms with Crippen LogP contribution in [0.4, 0.5) is 0 Å². The van der Waals surface area contributed by atoms with Crippen molar-refractivity contribution in [2.24, 2.45) is 23.5 Å². The third-order valence-corrected chi connectivity index (χ3v) is 4.29. The molecule has 2 rings (SSSR count). The topological polar surface area (TPSA) is 38.5 Å². The van der Waals surface area contributed by atoms with E-state index in [1.807, 2.05) is 0 Å². The second kappa shape index (κ2) is 5.48. The minimum Gasteiger partial charge on any atom is -0.381 e. The van der Waals surface area contributed by atoms with Crippen LogP contribution >= 0.6 is 0 Å². The van der Waals surface area contributed by atoms with E-state index < -0.39 is 0 Å². The Morgan fingerprint density at radius 2 is 2.12 bits per heavy atom. The van der Waals surface area contributed by atoms with Gasteiger partial charge in [-0.3, -0.25) is 0 Å². The van der Waals surface area contributed by atoms with Crippen LogP contribution in [0.25, 0.3) is 0 Å². The van der Waals surface area contributed by atoms with E-state index in [9.17, 15) is 0 Å². The van der Waals surface area contributed by atoms with Crippen LogP contribution in [-0.4, -0.2) is 43.8 Å². The SMILES string of the molecule is CC(C)C1CCN(CC(N)C2CCOC2)C1. The van der Waals surface area contributed by atoms with Gasteiger partial charge in [0.1, 0.15) is 0 Å². The van der Waals surface area contributed by atoms with Gasteiger partial charge in [-0.25, -0.2) is 0 Å². The van der Waals surface area contributed by atoms with Crippen molar-refractivity contribution in [3.63, 3.8) is 0 Å². The highest BCUT2D eigenvalue weighted by Crippen LogP contribution is 2.24. The first-order valence-electron chi connectivity index (χ1n) is 6.72. The fourth-order valence-electron chi connectivity index (χ4n) is 2.91. The Morgan fingerprint density at radius 1 is 1.31 bits per heavy atom. The summed E-state index contributed by atoms with van der Waals surface area (Å²) in [5.74, 6) is 2.29. The summed E-state index contributed by atoms with van der Waals surface area (Å²) in [4.78, 5) is 2.55. The monoisotopic (exact) mass is 226 g/mol. The molecule has 2 N–H and O–H groups in total. The van der Waals surface area contributed by atoms with Gasteiger partial charge in [0, 0.05) is 31.7 Å². The molecular weight excluding hydrogens is 200 g/mol. The number of hydrogen-bond donors (Lipinski definition) is 1. The Kier molecular flexibility index (Phi) is 4.22. The lowest BCUT2D eigenvalue weighted by Crippen LogP contribution is -2.41. The summed E-state index contributed by atoms with van der Waals surface area (Å²) in [6.07, 6.45) is 2.51. The van der Waals surface area contributed by atoms with Crippen LogP contribution in [0.15, 0.2) is 0 Å². The second-order valence-electron chi connectivity index (χ2n) is 5.84. The van der Waals surface area contributed by atoms with Crippen molar-refractivity contribution >= 4 is 0 Å². The number of nitrogens with zero attached hydrogens (tertiary/aromatic N) is 1. The molecule has 0 aliphatic carbocycles. The van der Waals surface area contributed by atoms with Crippen molar-refractivity contribution < 1.29 is 4.74 Å². The van der Waals surface area contributed by atoms with Crippen molar-refractivity contribution in [2.45, 2.75) is 32.7 Å². The molecule has 2 aliphatic rings. The number of likely N-dealkylation sites (tertiary alicyclic amines) is 1. The summed E-state index contributed by atoms with van der Waals surface area (Å²) in [5, 5.41) is 0. The summed E-state index contributed by atoms with van der Waals surface area (Å²) in [7, 11) is 0. The van der Waals surface area contributed by atoms with E-state index in [0.717, 1.165) is 38.0 Å². The van der Waals surface area contributed by atoms with Gasteiger partial charge in [0.15, 0.2) is 0 Å². The molecule has 94 valence electrons. The zero-order valence-corrected chi connectivity index (χ0v) is 10.7. The molecule has 0 saturated carbocycles. The molecule has 2 saturated heterocycles. The third kappa shape index (κ3) is 2.96. The van der Waals surface area contributed by atoms with Gasteiger partial charge in [0.2, 0.25) is 0 Å². The van der Waals surface area contributed by atoms with Crippen LogP contribution in [0.5, 0.6) is 0 Å². The molecule has 2 heterocycles. The smallest absolute Gasteiger partial charge is 0.0510 e. The van der Waals surface area contributed by atoms with Gasteiger partial charge in [-0.1, -0.05) is 13.8 Å². The molecule has 3 atom stereocenters. The van der Waals surface area contributed by atoms with Crippen LogP contribution in [0.3, 0.4) is 0 Å². The first-order chi connectivity index (χ1) is 7.66. The summed E-state index contributed by atoms with van der Waals surface area (Å²) in [6.45, 7) is 10.0. The van der Waals surface area contributed by atoms with Crippen molar-refractivity contribution in [2.75, 3.05) is 32.8 Å². The van der Waals surface area contributed by atoms with Gasteiger partial charge in [-0.15, -0.1) is 0 Å². The Morgan fingerprint density at radius 3 is 2.69 bits per heavy atom. The van der Waals surface area contributed by atoms with Crippen LogP contribution in [0.2, 0.25) is 0 Å². The molecule has 3 unspecified atom stereocenters. The van der Waals surface area contributed by atoms with Gasteiger partial charge in [-0.2, -0.15) is 0 Å². The summed E-state index contributed by atoms with van der Waals surface area (Å²) < 4.78 is 5.40. The molecular formula is C13H26N2O. The average molecular weight is 226 g/mol. The number of ether oxygens (including phenoxy) is 1. The Bertz CT molecular complexity index is 214. The Labute approximate surface area is 99.3 Å². The van der Waals surface area contributed by atoms with Gasteiger partial charge in [-0.05, 0) is 31.2 Å². The molecule has 2 fully saturated rings. The van der Waals surface area contributed by atoms with Gasteiger partial charge in [0.25, 0.3) is 0 Å². The standard InChI is InChI=1S/C13H26N2O/c1-10(2)11-3-5-15(7-11)8-13(14)12-4-6-16-9-12/h10-13H,3-9,14H2,1-2H3. The lowest BCUT2D eigenvalue weighted by atomic mass is 9.95. The van der Waals surface area contributed by atoms with E-state index >= 15 is 0 Å². The van der Waals surface area contributed by atoms with Gasteiger partial charge < -0.3 is 15.4 Å². The predicted octanol–water partition coefficient (Wildman–Crippen LogP) is 1.33. The zero-order valence-electron chi connectivity index (χ0n) is 10.7. The predicted molar refractivity (Wildman–Crippen MR) is 66.3 cm³/mol. The van der Waals surface area contributed by atoms with E-state index in [2.05, 4.69) is 18.7 Å². The number of hydrogen-bond acceptors (Lipinski definition) is 3. The molecule has 0 aromatic carbocycles. The molecule has 0 aromatic rings. The van der Waals surface area contributed by atoms with Crippen LogP contribution in [0, 0.1) is 17.8 Å². The van der Waals surface area contributed by atoms with E-state index in [1.165, 1.54) is 19.5 Å². The first kappa shape index (κ1) is 12.3. The second-order valence-corrected chi connectivity index (χ2v) is 5.84. The lowest BCUT2D eigenvalue weighted by Gasteiger charge is -2.24. The van der Waals surface area contributed by atoms with Crippen LogP contribution < -0.4 is 5.73 Å². The van der Waals surface area contributed by atoms with Crippen molar-refractivity contribution in [1.29, 1.82) is 0 Å². The van der Waals surface area contributed by atoms with Gasteiger partial charge in [0.05, 0.1) is 6.61 Å². The van der Waals surface area contributed by atoms with Crippen molar-refractivity contribution in [3.8, 4) is 0 Å². The Hall–Kier alpha value is -0.120. The summed E-state index contributed by atoms with van der Waals surface area (Å²) >= 11 is 0. The number of rotatable bonds is 4. The first-order valence-corrected chi connectivity index (χ1v) is 6.72. The molecule has 0 radical (unpaired) electrons. The molecule has 16 heavy (non-hydrogen) atoms. The van der Waals surface area contributed by atoms with Gasteiger partial charge >= 0.3 is 0 Å². The van der Waals surface area contributed by atoms with Crippen molar-refractivity contribution in [1.82, 2.24) is 4.90 Å². The molecule has 2 aliphatic heterocycles.